The Balaban J connectivity index is 0.838. The number of hydrogen-bond donors (Lipinski definition) is 14. The molecule has 5 saturated heterocycles. The minimum atomic E-state index is -1.94. The Labute approximate surface area is 512 Å². The molecule has 4 saturated carbocycles. The molecule has 0 aromatic carbocycles. The van der Waals surface area contributed by atoms with Gasteiger partial charge in [0.25, 0.3) is 0 Å². The fourth-order valence-corrected chi connectivity index (χ4v) is 17.7. The molecule has 0 bridgehead atoms. The van der Waals surface area contributed by atoms with E-state index >= 15 is 4.79 Å². The van der Waals surface area contributed by atoms with E-state index in [2.05, 4.69) is 40.7 Å². The fraction of sp³-hybridized carbons (Fsp3) is 0.934. The molecule has 0 radical (unpaired) electrons. The second-order valence-electron chi connectivity index (χ2n) is 29.1. The lowest BCUT2D eigenvalue weighted by Gasteiger charge is -2.71. The van der Waals surface area contributed by atoms with Crippen molar-refractivity contribution in [3.05, 3.63) is 11.6 Å². The van der Waals surface area contributed by atoms with Gasteiger partial charge in [0.15, 0.2) is 25.2 Å². The SMILES string of the molecule is CC(=O)OC[C@H]1O[C@@H](OC[C@H]2O[C@@H](OC(=O)[C@]34CC[C@@](C)(CO)C[C@H]3C3=CCC5[C@@]6(C)CC[C@H](O[C@@H]7OC[C@H](O)[C@H](O)[C@H]7O[C@@H]7O[C@@H](C)[C@H](O)[C@@H](O)[C@H]7O)C(C)(C)C6CC[C@@]5(C)[C@]3(C)CC4)[C@H](O)[C@@H](O)[C@@H]2O)[C@H](O)[C@@H](O)[C@@H]1O[C@@H]1O[C@@H](C)[C@H](O)[C@@H](O)[C@H]1O. The number of ether oxygens (including phenoxy) is 11. The molecular formula is C61H98O27. The van der Waals surface area contributed by atoms with Crippen LogP contribution in [0.25, 0.3) is 0 Å². The summed E-state index contributed by atoms with van der Waals surface area (Å²) in [5.41, 5.74) is -2.02. The van der Waals surface area contributed by atoms with Crippen LogP contribution in [0.4, 0.5) is 0 Å². The summed E-state index contributed by atoms with van der Waals surface area (Å²) in [5, 5.41) is 153. The van der Waals surface area contributed by atoms with E-state index in [0.717, 1.165) is 31.8 Å². The highest BCUT2D eigenvalue weighted by Gasteiger charge is 2.70. The van der Waals surface area contributed by atoms with Crippen molar-refractivity contribution in [2.24, 2.45) is 50.2 Å². The molecule has 10 rings (SSSR count). The second-order valence-corrected chi connectivity index (χ2v) is 29.1. The van der Waals surface area contributed by atoms with E-state index in [1.54, 1.807) is 0 Å². The van der Waals surface area contributed by atoms with Gasteiger partial charge in [-0.3, -0.25) is 9.59 Å². The van der Waals surface area contributed by atoms with Crippen molar-refractivity contribution >= 4 is 11.9 Å². The number of fused-ring (bicyclic) bond motifs is 7. The molecule has 33 atom stereocenters. The number of allylic oxidation sites excluding steroid dienone is 2. The molecule has 0 aromatic heterocycles. The Morgan fingerprint density at radius 2 is 1.15 bits per heavy atom. The summed E-state index contributed by atoms with van der Waals surface area (Å²) in [5.74, 6) is -1.56. The molecule has 9 fully saturated rings. The van der Waals surface area contributed by atoms with E-state index in [1.807, 2.05) is 6.92 Å². The Kier molecular flexibility index (Phi) is 19.9. The van der Waals surface area contributed by atoms with Crippen LogP contribution in [0.5, 0.6) is 0 Å². The van der Waals surface area contributed by atoms with Gasteiger partial charge < -0.3 is 124 Å². The van der Waals surface area contributed by atoms with Crippen molar-refractivity contribution in [1.29, 1.82) is 0 Å². The first-order chi connectivity index (χ1) is 41.2. The number of hydrogen-bond acceptors (Lipinski definition) is 27. The van der Waals surface area contributed by atoms with Gasteiger partial charge in [-0.1, -0.05) is 53.2 Å². The molecule has 2 unspecified atom stereocenters. The lowest BCUT2D eigenvalue weighted by atomic mass is 9.33. The van der Waals surface area contributed by atoms with E-state index in [4.69, 9.17) is 52.1 Å². The van der Waals surface area contributed by atoms with Crippen LogP contribution in [0.1, 0.15) is 127 Å². The van der Waals surface area contributed by atoms with Crippen LogP contribution in [-0.4, -0.2) is 263 Å². The van der Waals surface area contributed by atoms with Gasteiger partial charge in [0.1, 0.15) is 110 Å². The highest BCUT2D eigenvalue weighted by Crippen LogP contribution is 2.76. The molecule has 10 aliphatic rings. The molecule has 27 heteroatoms. The molecule has 5 aliphatic heterocycles. The predicted molar refractivity (Wildman–Crippen MR) is 298 cm³/mol. The van der Waals surface area contributed by atoms with Crippen molar-refractivity contribution in [2.75, 3.05) is 26.4 Å². The molecule has 0 amide bonds. The number of aliphatic hydroxyl groups excluding tert-OH is 14. The highest BCUT2D eigenvalue weighted by molar-refractivity contribution is 5.79. The summed E-state index contributed by atoms with van der Waals surface area (Å²) in [4.78, 5) is 27.2. The number of carbonyl (C=O) groups excluding carboxylic acids is 2. The van der Waals surface area contributed by atoms with Crippen LogP contribution in [-0.2, 0) is 61.7 Å². The zero-order valence-corrected chi connectivity index (χ0v) is 51.7. The van der Waals surface area contributed by atoms with Crippen molar-refractivity contribution in [2.45, 2.75) is 280 Å². The summed E-state index contributed by atoms with van der Waals surface area (Å²) in [6.07, 6.45) is -29.9. The molecule has 5 heterocycles. The number of aliphatic hydroxyl groups is 14. The Morgan fingerprint density at radius 1 is 0.568 bits per heavy atom. The van der Waals surface area contributed by atoms with Gasteiger partial charge in [0.2, 0.25) is 6.29 Å². The Bertz CT molecular complexity index is 2490. The standard InChI is InChI=1S/C61H98O27/c1-25-36(65)40(69)44(73)51(81-25)86-48-32(23-78-27(3)63)84-50(47(76)43(48)72)80-22-31-39(68)42(71)46(75)53(83-31)88-55(77)61-18-16-57(6,24-62)20-29(61)28-10-11-34-58(7)14-13-35(56(4,5)33(58)12-15-60(34,9)59(28,8)17-19-61)85-54-49(38(67)30(64)21-79-54)87-52-45(74)41(70)37(66)26(2)82-52/h10,25-26,29-54,62,64-76H,11-24H2,1-9H3/t25-,26-,29-,30-,31+,32+,33?,34?,35-,36-,37-,38-,39+,40+,41+,42-,43+,44+,45+,46+,47+,48+,49+,50+,51-,52-,53-,54-,57+,58-,59+,60+,61-/m0/s1. The summed E-state index contributed by atoms with van der Waals surface area (Å²) in [6.45, 7) is 15.8. The van der Waals surface area contributed by atoms with Crippen LogP contribution in [0.2, 0.25) is 0 Å². The quantitative estimate of drug-likeness (QED) is 0.0509. The third-order valence-corrected chi connectivity index (χ3v) is 23.6. The lowest BCUT2D eigenvalue weighted by molar-refractivity contribution is -0.364. The van der Waals surface area contributed by atoms with Crippen molar-refractivity contribution in [3.63, 3.8) is 0 Å². The van der Waals surface area contributed by atoms with Gasteiger partial charge in [-0.05, 0) is 123 Å². The maximum Gasteiger partial charge on any atom is 0.315 e. The summed E-state index contributed by atoms with van der Waals surface area (Å²) >= 11 is 0. The van der Waals surface area contributed by atoms with Gasteiger partial charge in [-0.2, -0.15) is 0 Å². The first-order valence-corrected chi connectivity index (χ1v) is 31.5. The molecular weight excluding hydrogens is 1160 g/mol. The van der Waals surface area contributed by atoms with Crippen molar-refractivity contribution in [3.8, 4) is 0 Å². The van der Waals surface area contributed by atoms with E-state index in [0.29, 0.717) is 44.9 Å². The number of rotatable bonds is 14. The van der Waals surface area contributed by atoms with E-state index in [-0.39, 0.29) is 35.9 Å². The highest BCUT2D eigenvalue weighted by atomic mass is 16.8. The third-order valence-electron chi connectivity index (χ3n) is 23.6. The Hall–Kier alpha value is -2.24. The maximum atomic E-state index is 15.3. The van der Waals surface area contributed by atoms with Crippen LogP contribution >= 0.6 is 0 Å². The first-order valence-electron chi connectivity index (χ1n) is 31.5. The average Bonchev–Trinajstić information content (AvgIpc) is 0.687. The summed E-state index contributed by atoms with van der Waals surface area (Å²) in [7, 11) is 0. The van der Waals surface area contributed by atoms with E-state index in [9.17, 15) is 76.3 Å². The predicted octanol–water partition coefficient (Wildman–Crippen LogP) is -1.97. The van der Waals surface area contributed by atoms with Gasteiger partial charge >= 0.3 is 11.9 Å². The average molecular weight is 1260 g/mol. The minimum absolute atomic E-state index is 0.128. The van der Waals surface area contributed by atoms with Gasteiger partial charge in [-0.25, -0.2) is 0 Å². The van der Waals surface area contributed by atoms with Crippen molar-refractivity contribution in [1.82, 2.24) is 0 Å². The molecule has 5 aliphatic carbocycles. The summed E-state index contributed by atoms with van der Waals surface area (Å²) < 4.78 is 65.2. The topological polar surface area (TPSA) is 419 Å². The molecule has 27 nitrogen and oxygen atoms in total. The van der Waals surface area contributed by atoms with E-state index < -0.39 is 206 Å². The molecule has 504 valence electrons. The minimum Gasteiger partial charge on any atom is -0.463 e. The third kappa shape index (κ3) is 11.8. The zero-order valence-electron chi connectivity index (χ0n) is 51.7. The van der Waals surface area contributed by atoms with Gasteiger partial charge in [-0.15, -0.1) is 0 Å². The van der Waals surface area contributed by atoms with Gasteiger partial charge in [0.05, 0.1) is 36.9 Å². The normalized spacial score (nSPS) is 53.7. The molecule has 14 N–H and O–H groups in total. The van der Waals surface area contributed by atoms with Gasteiger partial charge in [0, 0.05) is 13.5 Å². The monoisotopic (exact) mass is 1260 g/mol. The smallest absolute Gasteiger partial charge is 0.315 e. The molecule has 88 heavy (non-hydrogen) atoms. The lowest BCUT2D eigenvalue weighted by Crippen LogP contribution is -2.66. The van der Waals surface area contributed by atoms with Crippen LogP contribution < -0.4 is 0 Å². The zero-order chi connectivity index (χ0) is 64.3. The Morgan fingerprint density at radius 3 is 1.77 bits per heavy atom. The fourth-order valence-electron chi connectivity index (χ4n) is 17.7. The van der Waals surface area contributed by atoms with Crippen molar-refractivity contribution < 1.29 is 133 Å². The van der Waals surface area contributed by atoms with E-state index in [1.165, 1.54) is 13.8 Å². The number of carbonyl (C=O) groups is 2. The van der Waals surface area contributed by atoms with Crippen LogP contribution in [0, 0.1) is 50.2 Å². The largest absolute Gasteiger partial charge is 0.463 e. The second kappa shape index (κ2) is 25.5. The van der Waals surface area contributed by atoms with Crippen LogP contribution in [0.3, 0.4) is 0 Å². The number of esters is 2. The molecule has 0 spiro atoms. The van der Waals surface area contributed by atoms with Crippen LogP contribution in [0.15, 0.2) is 11.6 Å². The first kappa shape index (κ1) is 68.6. The summed E-state index contributed by atoms with van der Waals surface area (Å²) in [6, 6.07) is 0. The maximum absolute atomic E-state index is 15.3. The molecule has 0 aromatic rings.